The lowest BCUT2D eigenvalue weighted by atomic mass is 10.1. The zero-order chi connectivity index (χ0) is 20.4. The summed E-state index contributed by atoms with van der Waals surface area (Å²) in [5.74, 6) is 1.81. The first kappa shape index (κ1) is 25.4. The van der Waals surface area contributed by atoms with Crippen molar-refractivity contribution < 1.29 is 9.53 Å². The van der Waals surface area contributed by atoms with E-state index in [1.165, 1.54) is 0 Å². The first-order chi connectivity index (χ1) is 13.6. The number of likely N-dealkylation sites (tertiary alicyclic amines) is 1. The molecule has 1 aromatic heterocycles. The van der Waals surface area contributed by atoms with Crippen LogP contribution in [0.5, 0.6) is 0 Å². The number of rotatable bonds is 8. The molecule has 29 heavy (non-hydrogen) atoms. The third kappa shape index (κ3) is 8.35. The fourth-order valence-corrected chi connectivity index (χ4v) is 3.09. The van der Waals surface area contributed by atoms with Gasteiger partial charge < -0.3 is 24.8 Å². The van der Waals surface area contributed by atoms with E-state index in [4.69, 9.17) is 9.73 Å². The normalized spacial score (nSPS) is 16.1. The van der Waals surface area contributed by atoms with Crippen LogP contribution in [0.1, 0.15) is 52.8 Å². The van der Waals surface area contributed by atoms with Crippen molar-refractivity contribution >= 4 is 36.0 Å². The highest BCUT2D eigenvalue weighted by Crippen LogP contribution is 2.11. The van der Waals surface area contributed by atoms with Crippen molar-refractivity contribution in [2.45, 2.75) is 72.0 Å². The van der Waals surface area contributed by atoms with Gasteiger partial charge in [0.1, 0.15) is 12.2 Å². The highest BCUT2D eigenvalue weighted by molar-refractivity contribution is 14.0. The van der Waals surface area contributed by atoms with Crippen molar-refractivity contribution in [2.75, 3.05) is 26.2 Å². The van der Waals surface area contributed by atoms with Crippen LogP contribution in [0.25, 0.3) is 0 Å². The summed E-state index contributed by atoms with van der Waals surface area (Å²) in [6, 6.07) is 0.633. The Kier molecular flexibility index (Phi) is 11.9. The van der Waals surface area contributed by atoms with Crippen molar-refractivity contribution in [3.05, 3.63) is 12.2 Å². The molecule has 2 heterocycles. The molecule has 1 unspecified atom stereocenters. The van der Waals surface area contributed by atoms with Gasteiger partial charge in [0.05, 0.1) is 13.2 Å². The first-order valence-electron chi connectivity index (χ1n) is 10.4. The van der Waals surface area contributed by atoms with Crippen LogP contribution in [0.2, 0.25) is 0 Å². The maximum Gasteiger partial charge on any atom is 0.409 e. The van der Waals surface area contributed by atoms with Gasteiger partial charge in [-0.05, 0) is 33.1 Å². The van der Waals surface area contributed by atoms with E-state index in [2.05, 4.69) is 41.6 Å². The number of guanidine groups is 1. The number of carbonyl (C=O) groups is 1. The Hall–Kier alpha value is -1.59. The molecule has 0 saturated carbocycles. The average molecular weight is 521 g/mol. The molecule has 1 amide bonds. The lowest BCUT2D eigenvalue weighted by molar-refractivity contribution is 0.0963. The first-order valence-corrected chi connectivity index (χ1v) is 10.4. The number of aromatic nitrogens is 3. The summed E-state index contributed by atoms with van der Waals surface area (Å²) in [6.45, 7) is 11.4. The van der Waals surface area contributed by atoms with Gasteiger partial charge in [-0.2, -0.15) is 0 Å². The number of aryl methyl sites for hydroxylation is 1. The van der Waals surface area contributed by atoms with E-state index < -0.39 is 0 Å². The van der Waals surface area contributed by atoms with E-state index in [0.29, 0.717) is 38.3 Å². The zero-order valence-electron chi connectivity index (χ0n) is 18.1. The predicted octanol–water partition coefficient (Wildman–Crippen LogP) is 2.41. The van der Waals surface area contributed by atoms with Crippen molar-refractivity contribution in [1.29, 1.82) is 0 Å². The number of aliphatic imine (C=N–C) groups is 1. The van der Waals surface area contributed by atoms with E-state index in [1.54, 1.807) is 11.2 Å². The monoisotopic (exact) mass is 521 g/mol. The fourth-order valence-electron chi connectivity index (χ4n) is 3.09. The van der Waals surface area contributed by atoms with Crippen molar-refractivity contribution in [3.63, 3.8) is 0 Å². The van der Waals surface area contributed by atoms with Gasteiger partial charge in [0, 0.05) is 38.1 Å². The molecule has 1 atom stereocenters. The zero-order valence-corrected chi connectivity index (χ0v) is 20.4. The standard InChI is InChI=1S/C19H35N7O2.HI/c1-5-15(4)22-18(20-10-13-26-14-21-24-17(26)6-2)23-16-8-11-25(12-9-16)19(27)28-7-3;/h14-16H,5-13H2,1-4H3,(H2,20,22,23);1H. The Morgan fingerprint density at radius 3 is 2.69 bits per heavy atom. The molecule has 0 spiro atoms. The molecule has 9 nitrogen and oxygen atoms in total. The minimum absolute atomic E-state index is 0. The van der Waals surface area contributed by atoms with Gasteiger partial charge in [0.25, 0.3) is 0 Å². The van der Waals surface area contributed by atoms with Crippen LogP contribution in [-0.2, 0) is 17.7 Å². The van der Waals surface area contributed by atoms with Gasteiger partial charge in [-0.15, -0.1) is 34.2 Å². The Balaban J connectivity index is 0.00000420. The maximum atomic E-state index is 11.9. The van der Waals surface area contributed by atoms with Crippen molar-refractivity contribution in [2.24, 2.45) is 4.99 Å². The second kappa shape index (κ2) is 13.6. The van der Waals surface area contributed by atoms with Crippen LogP contribution >= 0.6 is 24.0 Å². The van der Waals surface area contributed by atoms with Crippen LogP contribution < -0.4 is 10.6 Å². The highest BCUT2D eigenvalue weighted by atomic mass is 127. The maximum absolute atomic E-state index is 11.9. The number of hydrogen-bond acceptors (Lipinski definition) is 5. The van der Waals surface area contributed by atoms with Crippen LogP contribution in [0.15, 0.2) is 11.3 Å². The summed E-state index contributed by atoms with van der Waals surface area (Å²) >= 11 is 0. The molecule has 10 heteroatoms. The van der Waals surface area contributed by atoms with E-state index in [9.17, 15) is 4.79 Å². The Labute approximate surface area is 191 Å². The summed E-state index contributed by atoms with van der Waals surface area (Å²) in [5.41, 5.74) is 0. The second-order valence-corrected chi connectivity index (χ2v) is 7.08. The molecule has 0 bridgehead atoms. The van der Waals surface area contributed by atoms with Gasteiger partial charge in [0.15, 0.2) is 5.96 Å². The quantitative estimate of drug-likeness (QED) is 0.310. The van der Waals surface area contributed by atoms with Crippen molar-refractivity contribution in [3.8, 4) is 0 Å². The minimum atomic E-state index is -0.215. The Bertz CT molecular complexity index is 630. The SMILES string of the molecule is CCOC(=O)N1CCC(NC(=NCCn2cnnc2CC)NC(C)CC)CC1.I. The van der Waals surface area contributed by atoms with Gasteiger partial charge in [-0.3, -0.25) is 4.99 Å². The van der Waals surface area contributed by atoms with Gasteiger partial charge >= 0.3 is 6.09 Å². The number of nitrogens with one attached hydrogen (secondary N) is 2. The van der Waals surface area contributed by atoms with E-state index in [0.717, 1.165) is 44.0 Å². The molecule has 1 fully saturated rings. The molecule has 0 aliphatic carbocycles. The third-order valence-corrected chi connectivity index (χ3v) is 4.98. The Morgan fingerprint density at radius 1 is 1.34 bits per heavy atom. The van der Waals surface area contributed by atoms with Crippen LogP contribution in [0, 0.1) is 0 Å². The van der Waals surface area contributed by atoms with Crippen LogP contribution in [0.4, 0.5) is 4.79 Å². The molecular formula is C19H36IN7O2. The number of nitrogens with zero attached hydrogens (tertiary/aromatic N) is 5. The van der Waals surface area contributed by atoms with Gasteiger partial charge in [-0.25, -0.2) is 4.79 Å². The second-order valence-electron chi connectivity index (χ2n) is 7.08. The number of ether oxygens (including phenoxy) is 1. The molecule has 166 valence electrons. The topological polar surface area (TPSA) is 96.7 Å². The third-order valence-electron chi connectivity index (χ3n) is 4.98. The van der Waals surface area contributed by atoms with Gasteiger partial charge in [-0.1, -0.05) is 13.8 Å². The average Bonchev–Trinajstić information content (AvgIpc) is 3.16. The van der Waals surface area contributed by atoms with E-state index >= 15 is 0 Å². The summed E-state index contributed by atoms with van der Waals surface area (Å²) in [7, 11) is 0. The Morgan fingerprint density at radius 2 is 2.07 bits per heavy atom. The summed E-state index contributed by atoms with van der Waals surface area (Å²) in [5, 5.41) is 15.1. The van der Waals surface area contributed by atoms with E-state index in [-0.39, 0.29) is 30.1 Å². The number of amides is 1. The molecule has 0 radical (unpaired) electrons. The van der Waals surface area contributed by atoms with Crippen LogP contribution in [-0.4, -0.2) is 70.0 Å². The molecule has 1 aromatic rings. The van der Waals surface area contributed by atoms with Gasteiger partial charge in [0.2, 0.25) is 0 Å². The summed E-state index contributed by atoms with van der Waals surface area (Å²) < 4.78 is 7.13. The minimum Gasteiger partial charge on any atom is -0.450 e. The number of halogens is 1. The summed E-state index contributed by atoms with van der Waals surface area (Å²) in [6.07, 6.45) is 5.19. The number of piperidine rings is 1. The number of carbonyl (C=O) groups excluding carboxylic acids is 1. The summed E-state index contributed by atoms with van der Waals surface area (Å²) in [4.78, 5) is 18.4. The molecule has 2 N–H and O–H groups in total. The molecular weight excluding hydrogens is 485 g/mol. The largest absolute Gasteiger partial charge is 0.450 e. The molecule has 1 aliphatic heterocycles. The predicted molar refractivity (Wildman–Crippen MR) is 125 cm³/mol. The molecule has 0 aromatic carbocycles. The molecule has 1 saturated heterocycles. The molecule has 1 aliphatic rings. The van der Waals surface area contributed by atoms with Crippen LogP contribution in [0.3, 0.4) is 0 Å². The van der Waals surface area contributed by atoms with E-state index in [1.807, 2.05) is 11.5 Å². The smallest absolute Gasteiger partial charge is 0.409 e. The van der Waals surface area contributed by atoms with Crippen molar-refractivity contribution in [1.82, 2.24) is 30.3 Å². The lowest BCUT2D eigenvalue weighted by Crippen LogP contribution is -2.51. The molecule has 2 rings (SSSR count). The highest BCUT2D eigenvalue weighted by Gasteiger charge is 2.24. The fraction of sp³-hybridized carbons (Fsp3) is 0.789. The number of hydrogen-bond donors (Lipinski definition) is 2. The lowest BCUT2D eigenvalue weighted by Gasteiger charge is -2.32.